The van der Waals surface area contributed by atoms with E-state index in [1.807, 2.05) is 6.07 Å². The maximum absolute atomic E-state index is 12.3. The first-order valence-electron chi connectivity index (χ1n) is 8.98. The van der Waals surface area contributed by atoms with Crippen molar-refractivity contribution in [1.82, 2.24) is 19.5 Å². The minimum absolute atomic E-state index is 0.175. The van der Waals surface area contributed by atoms with Crippen molar-refractivity contribution in [1.29, 1.82) is 0 Å². The molecule has 1 atom stereocenters. The number of para-hydroxylation sites is 1. The molecule has 0 spiro atoms. The summed E-state index contributed by atoms with van der Waals surface area (Å²) in [6, 6.07) is 13.9. The molecular weight excluding hydrogens is 342 g/mol. The molecule has 4 rings (SSSR count). The van der Waals surface area contributed by atoms with E-state index in [9.17, 15) is 4.79 Å². The first-order valence-corrected chi connectivity index (χ1v) is 8.98. The van der Waals surface area contributed by atoms with Crippen LogP contribution in [0.4, 0.5) is 5.69 Å². The molecule has 1 aliphatic rings. The first kappa shape index (κ1) is 17.2. The minimum atomic E-state index is -0.175. The van der Waals surface area contributed by atoms with Gasteiger partial charge in [0.25, 0.3) is 11.6 Å². The molecule has 0 unspecified atom stereocenters. The lowest BCUT2D eigenvalue weighted by atomic mass is 10.1. The Morgan fingerprint density at radius 1 is 1.19 bits per heavy atom. The van der Waals surface area contributed by atoms with Crippen molar-refractivity contribution in [3.63, 3.8) is 0 Å². The van der Waals surface area contributed by atoms with Gasteiger partial charge in [0.2, 0.25) is 0 Å². The van der Waals surface area contributed by atoms with Crippen LogP contribution in [0, 0.1) is 5.92 Å². The lowest BCUT2D eigenvalue weighted by Gasteiger charge is -2.19. The molecule has 0 saturated carbocycles. The average molecular weight is 363 g/mol. The van der Waals surface area contributed by atoms with Gasteiger partial charge in [-0.3, -0.25) is 9.36 Å². The summed E-state index contributed by atoms with van der Waals surface area (Å²) in [5.41, 5.74) is 2.15. The second-order valence-corrected chi connectivity index (χ2v) is 6.66. The molecular formula is C20H21N5O2. The van der Waals surface area contributed by atoms with Crippen LogP contribution in [0.1, 0.15) is 6.42 Å². The van der Waals surface area contributed by atoms with Gasteiger partial charge in [0, 0.05) is 44.0 Å². The zero-order valence-electron chi connectivity index (χ0n) is 15.2. The van der Waals surface area contributed by atoms with Crippen LogP contribution in [0.3, 0.4) is 0 Å². The Labute approximate surface area is 157 Å². The summed E-state index contributed by atoms with van der Waals surface area (Å²) in [6.45, 7) is 2.46. The topological polar surface area (TPSA) is 73.1 Å². The van der Waals surface area contributed by atoms with Gasteiger partial charge in [0.05, 0.1) is 18.0 Å². The highest BCUT2D eigenvalue weighted by Gasteiger charge is 2.24. The number of rotatable bonds is 5. The zero-order valence-corrected chi connectivity index (χ0v) is 15.2. The van der Waals surface area contributed by atoms with Crippen molar-refractivity contribution < 1.29 is 4.74 Å². The second kappa shape index (κ2) is 7.57. The Balaban J connectivity index is 1.46. The van der Waals surface area contributed by atoms with E-state index in [4.69, 9.17) is 4.74 Å². The third kappa shape index (κ3) is 3.81. The van der Waals surface area contributed by atoms with Gasteiger partial charge < -0.3 is 9.64 Å². The third-order valence-corrected chi connectivity index (χ3v) is 4.79. The van der Waals surface area contributed by atoms with E-state index >= 15 is 0 Å². The molecule has 3 heterocycles. The van der Waals surface area contributed by atoms with Gasteiger partial charge in [-0.15, -0.1) is 0 Å². The van der Waals surface area contributed by atoms with Crippen LogP contribution < -0.4 is 15.2 Å². The first-order chi connectivity index (χ1) is 13.2. The summed E-state index contributed by atoms with van der Waals surface area (Å²) >= 11 is 0. The van der Waals surface area contributed by atoms with E-state index in [2.05, 4.69) is 44.1 Å². The summed E-state index contributed by atoms with van der Waals surface area (Å²) in [5, 5.41) is 0. The minimum Gasteiger partial charge on any atom is -0.464 e. The SMILES string of the molecule is Cn1c(OC[C@H]2CCN(c3ccccc3)C2)nc(-c2ccncn2)cc1=O. The van der Waals surface area contributed by atoms with Gasteiger partial charge in [-0.05, 0) is 24.6 Å². The Kier molecular flexibility index (Phi) is 4.82. The van der Waals surface area contributed by atoms with Crippen LogP contribution in [0.15, 0.2) is 59.8 Å². The van der Waals surface area contributed by atoms with Gasteiger partial charge in [-0.25, -0.2) is 9.97 Å². The number of hydrogen-bond acceptors (Lipinski definition) is 6. The largest absolute Gasteiger partial charge is 0.464 e. The lowest BCUT2D eigenvalue weighted by molar-refractivity contribution is 0.231. The Bertz CT molecular complexity index is 959. The molecule has 1 fully saturated rings. The normalized spacial score (nSPS) is 16.5. The fourth-order valence-corrected chi connectivity index (χ4v) is 3.26. The summed E-state index contributed by atoms with van der Waals surface area (Å²) in [4.78, 5) is 27.1. The molecule has 1 saturated heterocycles. The van der Waals surface area contributed by atoms with Gasteiger partial charge in [-0.2, -0.15) is 4.98 Å². The molecule has 3 aromatic rings. The van der Waals surface area contributed by atoms with E-state index in [-0.39, 0.29) is 5.56 Å². The van der Waals surface area contributed by atoms with E-state index in [0.717, 1.165) is 19.5 Å². The Morgan fingerprint density at radius 2 is 2.04 bits per heavy atom. The van der Waals surface area contributed by atoms with Crippen molar-refractivity contribution >= 4 is 5.69 Å². The summed E-state index contributed by atoms with van der Waals surface area (Å²) in [7, 11) is 1.67. The Morgan fingerprint density at radius 3 is 2.81 bits per heavy atom. The highest BCUT2D eigenvalue weighted by Crippen LogP contribution is 2.24. The molecule has 0 radical (unpaired) electrons. The molecule has 27 heavy (non-hydrogen) atoms. The molecule has 1 aromatic carbocycles. The summed E-state index contributed by atoms with van der Waals surface area (Å²) < 4.78 is 7.35. The maximum Gasteiger partial charge on any atom is 0.299 e. The number of anilines is 1. The van der Waals surface area contributed by atoms with Gasteiger partial charge in [0.15, 0.2) is 0 Å². The highest BCUT2D eigenvalue weighted by atomic mass is 16.5. The van der Waals surface area contributed by atoms with Crippen molar-refractivity contribution in [3.05, 3.63) is 65.3 Å². The molecule has 0 aliphatic carbocycles. The Hall–Kier alpha value is -3.22. The standard InChI is InChI=1S/C20H21N5O2/c1-24-19(26)11-18(17-7-9-21-14-22-17)23-20(24)27-13-15-8-10-25(12-15)16-5-3-2-4-6-16/h2-7,9,11,14-15H,8,10,12-13H2,1H3/t15-/m0/s1. The number of ether oxygens (including phenoxy) is 1. The van der Waals surface area contributed by atoms with E-state index < -0.39 is 0 Å². The third-order valence-electron chi connectivity index (χ3n) is 4.79. The van der Waals surface area contributed by atoms with Crippen LogP contribution in [0.5, 0.6) is 6.01 Å². The van der Waals surface area contributed by atoms with Crippen LogP contribution >= 0.6 is 0 Å². The van der Waals surface area contributed by atoms with Gasteiger partial charge in [-0.1, -0.05) is 18.2 Å². The molecule has 138 valence electrons. The fraction of sp³-hybridized carbons (Fsp3) is 0.300. The number of hydrogen-bond donors (Lipinski definition) is 0. The summed E-state index contributed by atoms with van der Waals surface area (Å²) in [5.74, 6) is 0.393. The monoisotopic (exact) mass is 363 g/mol. The van der Waals surface area contributed by atoms with Crippen molar-refractivity contribution in [2.75, 3.05) is 24.6 Å². The highest BCUT2D eigenvalue weighted by molar-refractivity contribution is 5.52. The van der Waals surface area contributed by atoms with Crippen LogP contribution in [0.25, 0.3) is 11.4 Å². The molecule has 0 N–H and O–H groups in total. The molecule has 0 bridgehead atoms. The predicted octanol–water partition coefficient (Wildman–Crippen LogP) is 2.14. The lowest BCUT2D eigenvalue weighted by Crippen LogP contribution is -2.24. The van der Waals surface area contributed by atoms with Crippen LogP contribution in [0.2, 0.25) is 0 Å². The fourth-order valence-electron chi connectivity index (χ4n) is 3.26. The number of benzene rings is 1. The molecule has 2 aromatic heterocycles. The van der Waals surface area contributed by atoms with Crippen molar-refractivity contribution in [2.45, 2.75) is 6.42 Å². The van der Waals surface area contributed by atoms with E-state index in [0.29, 0.717) is 29.9 Å². The second-order valence-electron chi connectivity index (χ2n) is 6.66. The summed E-state index contributed by atoms with van der Waals surface area (Å²) in [6.07, 6.45) is 4.11. The number of nitrogens with zero attached hydrogens (tertiary/aromatic N) is 5. The van der Waals surface area contributed by atoms with Crippen molar-refractivity contribution in [3.8, 4) is 17.4 Å². The number of aromatic nitrogens is 4. The van der Waals surface area contributed by atoms with E-state index in [1.54, 1.807) is 19.3 Å². The zero-order chi connectivity index (χ0) is 18.6. The molecule has 7 heteroatoms. The van der Waals surface area contributed by atoms with Crippen LogP contribution in [-0.4, -0.2) is 39.2 Å². The van der Waals surface area contributed by atoms with Crippen molar-refractivity contribution in [2.24, 2.45) is 13.0 Å². The quantitative estimate of drug-likeness (QED) is 0.692. The molecule has 7 nitrogen and oxygen atoms in total. The van der Waals surface area contributed by atoms with Gasteiger partial charge in [0.1, 0.15) is 6.33 Å². The maximum atomic E-state index is 12.3. The van der Waals surface area contributed by atoms with E-state index in [1.165, 1.54) is 22.6 Å². The average Bonchev–Trinajstić information content (AvgIpc) is 3.19. The van der Waals surface area contributed by atoms with Gasteiger partial charge >= 0.3 is 0 Å². The molecule has 1 aliphatic heterocycles. The molecule has 0 amide bonds. The van der Waals surface area contributed by atoms with Crippen LogP contribution in [-0.2, 0) is 7.05 Å². The smallest absolute Gasteiger partial charge is 0.299 e. The predicted molar refractivity (Wildman–Crippen MR) is 103 cm³/mol.